The van der Waals surface area contributed by atoms with E-state index in [4.69, 9.17) is 21.1 Å². The Morgan fingerprint density at radius 3 is 1.68 bits per heavy atom. The van der Waals surface area contributed by atoms with Gasteiger partial charge in [-0.1, -0.05) is 17.7 Å². The van der Waals surface area contributed by atoms with Gasteiger partial charge in [0.05, 0.1) is 17.2 Å². The van der Waals surface area contributed by atoms with Crippen molar-refractivity contribution in [2.75, 3.05) is 0 Å². The van der Waals surface area contributed by atoms with E-state index in [-0.39, 0.29) is 12.2 Å². The quantitative estimate of drug-likeness (QED) is 0.818. The van der Waals surface area contributed by atoms with Gasteiger partial charge in [-0.05, 0) is 46.2 Å². The van der Waals surface area contributed by atoms with Crippen LogP contribution in [0.2, 0.25) is 5.02 Å². The Hall–Kier alpha value is -1.81. The Morgan fingerprint density at radius 2 is 1.32 bits per heavy atom. The number of ether oxygens (including phenoxy) is 2. The van der Waals surface area contributed by atoms with E-state index in [2.05, 4.69) is 9.97 Å². The predicted molar refractivity (Wildman–Crippen MR) is 89.7 cm³/mol. The molecule has 22 heavy (non-hydrogen) atoms. The number of aryl methyl sites for hydroxylation is 1. The highest BCUT2D eigenvalue weighted by Crippen LogP contribution is 2.12. The molecule has 0 aliphatic heterocycles. The second kappa shape index (κ2) is 9.26. The third-order valence-corrected chi connectivity index (χ3v) is 2.52. The molecule has 0 aliphatic carbocycles. The first-order chi connectivity index (χ1) is 10.4. The fraction of sp³-hybridized carbons (Fsp3) is 0.412. The number of hydrogen-bond acceptors (Lipinski definition) is 4. The summed E-state index contributed by atoms with van der Waals surface area (Å²) >= 11 is 5.63. The molecule has 0 N–H and O–H groups in total. The van der Waals surface area contributed by atoms with Crippen LogP contribution in [0.5, 0.6) is 11.8 Å². The van der Waals surface area contributed by atoms with Crippen LogP contribution in [0.25, 0.3) is 0 Å². The molecule has 0 saturated heterocycles. The van der Waals surface area contributed by atoms with Gasteiger partial charge in [0.1, 0.15) is 0 Å². The molecule has 2 aromatic heterocycles. The van der Waals surface area contributed by atoms with E-state index in [0.29, 0.717) is 16.8 Å². The molecule has 2 rings (SSSR count). The zero-order chi connectivity index (χ0) is 16.5. The molecule has 0 bridgehead atoms. The molecule has 5 heteroatoms. The van der Waals surface area contributed by atoms with Gasteiger partial charge in [-0.15, -0.1) is 0 Å². The first-order valence-corrected chi connectivity index (χ1v) is 7.62. The Morgan fingerprint density at radius 1 is 0.818 bits per heavy atom. The minimum Gasteiger partial charge on any atom is -0.475 e. The van der Waals surface area contributed by atoms with Crippen molar-refractivity contribution < 1.29 is 9.47 Å². The Labute approximate surface area is 137 Å². The molecular formula is C17H23ClN2O2. The number of nitrogens with zero attached hydrogens (tertiary/aromatic N) is 2. The Balaban J connectivity index is 0.000000220. The third-order valence-electron chi connectivity index (χ3n) is 2.30. The summed E-state index contributed by atoms with van der Waals surface area (Å²) < 4.78 is 10.7. The lowest BCUT2D eigenvalue weighted by atomic mass is 10.3. The fourth-order valence-electron chi connectivity index (χ4n) is 1.44. The van der Waals surface area contributed by atoms with Crippen molar-refractivity contribution >= 4 is 11.6 Å². The largest absolute Gasteiger partial charge is 0.475 e. The molecule has 0 aliphatic rings. The van der Waals surface area contributed by atoms with Crippen LogP contribution in [0.3, 0.4) is 0 Å². The van der Waals surface area contributed by atoms with Crippen molar-refractivity contribution in [1.82, 2.24) is 9.97 Å². The summed E-state index contributed by atoms with van der Waals surface area (Å²) in [6.45, 7) is 9.89. The standard InChI is InChI=1S/C9H13NO.C8H10ClNO/c1-7(2)11-9-5-4-8(3)6-10-9;1-6(2)11-8-4-3-7(9)5-10-8/h4-7H,1-3H3;3-6H,1-2H3. The van der Waals surface area contributed by atoms with Gasteiger partial charge in [0.2, 0.25) is 11.8 Å². The molecule has 0 aromatic carbocycles. The van der Waals surface area contributed by atoms with Crippen molar-refractivity contribution in [3.8, 4) is 11.8 Å². The second-order valence-electron chi connectivity index (χ2n) is 5.32. The highest BCUT2D eigenvalue weighted by atomic mass is 35.5. The molecule has 0 amide bonds. The first-order valence-electron chi connectivity index (χ1n) is 7.24. The topological polar surface area (TPSA) is 44.2 Å². The molecule has 0 fully saturated rings. The molecule has 0 unspecified atom stereocenters. The molecule has 2 aromatic rings. The Bertz CT molecular complexity index is 488. The minimum absolute atomic E-state index is 0.156. The van der Waals surface area contributed by atoms with Crippen LogP contribution in [0.1, 0.15) is 33.3 Å². The molecule has 0 atom stereocenters. The molecule has 120 valence electrons. The summed E-state index contributed by atoms with van der Waals surface area (Å²) in [4.78, 5) is 8.06. The molecular weight excluding hydrogens is 300 g/mol. The summed E-state index contributed by atoms with van der Waals surface area (Å²) in [7, 11) is 0. The number of pyridine rings is 2. The van der Waals surface area contributed by atoms with Gasteiger partial charge in [0.25, 0.3) is 0 Å². The van der Waals surface area contributed by atoms with Crippen molar-refractivity contribution in [2.24, 2.45) is 0 Å². The predicted octanol–water partition coefficient (Wildman–Crippen LogP) is 4.70. The average molecular weight is 323 g/mol. The van der Waals surface area contributed by atoms with Crippen molar-refractivity contribution in [1.29, 1.82) is 0 Å². The highest BCUT2D eigenvalue weighted by Gasteiger charge is 1.97. The minimum atomic E-state index is 0.156. The average Bonchev–Trinajstić information content (AvgIpc) is 2.44. The normalized spacial score (nSPS) is 10.2. The van der Waals surface area contributed by atoms with Crippen molar-refractivity contribution in [3.05, 3.63) is 47.2 Å². The smallest absolute Gasteiger partial charge is 0.213 e. The van der Waals surface area contributed by atoms with Gasteiger partial charge >= 0.3 is 0 Å². The summed E-state index contributed by atoms with van der Waals surface area (Å²) in [5.41, 5.74) is 1.15. The van der Waals surface area contributed by atoms with E-state index in [9.17, 15) is 0 Å². The maximum Gasteiger partial charge on any atom is 0.213 e. The van der Waals surface area contributed by atoms with E-state index >= 15 is 0 Å². The van der Waals surface area contributed by atoms with Crippen LogP contribution in [0.4, 0.5) is 0 Å². The van der Waals surface area contributed by atoms with Gasteiger partial charge in [-0.3, -0.25) is 0 Å². The van der Waals surface area contributed by atoms with Crippen LogP contribution in [-0.2, 0) is 0 Å². The van der Waals surface area contributed by atoms with Crippen molar-refractivity contribution in [2.45, 2.75) is 46.8 Å². The van der Waals surface area contributed by atoms with E-state index in [1.807, 2.05) is 46.8 Å². The van der Waals surface area contributed by atoms with Gasteiger partial charge in [-0.25, -0.2) is 9.97 Å². The van der Waals surface area contributed by atoms with Gasteiger partial charge in [0, 0.05) is 24.5 Å². The second-order valence-corrected chi connectivity index (χ2v) is 5.76. The van der Waals surface area contributed by atoms with Crippen LogP contribution >= 0.6 is 11.6 Å². The maximum absolute atomic E-state index is 5.63. The molecule has 0 radical (unpaired) electrons. The molecule has 4 nitrogen and oxygen atoms in total. The third kappa shape index (κ3) is 7.84. The van der Waals surface area contributed by atoms with E-state index in [0.717, 1.165) is 5.56 Å². The number of hydrogen-bond donors (Lipinski definition) is 0. The van der Waals surface area contributed by atoms with Gasteiger partial charge < -0.3 is 9.47 Å². The van der Waals surface area contributed by atoms with E-state index < -0.39 is 0 Å². The highest BCUT2D eigenvalue weighted by molar-refractivity contribution is 6.30. The molecule has 2 heterocycles. The lowest BCUT2D eigenvalue weighted by molar-refractivity contribution is 0.232. The maximum atomic E-state index is 5.63. The van der Waals surface area contributed by atoms with Crippen LogP contribution in [0.15, 0.2) is 36.7 Å². The van der Waals surface area contributed by atoms with Gasteiger partial charge in [-0.2, -0.15) is 0 Å². The zero-order valence-corrected chi connectivity index (χ0v) is 14.5. The lowest BCUT2D eigenvalue weighted by Gasteiger charge is -2.07. The van der Waals surface area contributed by atoms with Crippen molar-refractivity contribution in [3.63, 3.8) is 0 Å². The summed E-state index contributed by atoms with van der Waals surface area (Å²) in [6, 6.07) is 7.38. The summed E-state index contributed by atoms with van der Waals surface area (Å²) in [6.07, 6.45) is 3.73. The lowest BCUT2D eigenvalue weighted by Crippen LogP contribution is -2.06. The Kier molecular flexibility index (Phi) is 7.67. The SMILES string of the molecule is CC(C)Oc1ccc(Cl)cn1.Cc1ccc(OC(C)C)nc1. The van der Waals surface area contributed by atoms with Crippen LogP contribution < -0.4 is 9.47 Å². The van der Waals surface area contributed by atoms with Crippen LogP contribution in [-0.4, -0.2) is 22.2 Å². The summed E-state index contributed by atoms with van der Waals surface area (Å²) in [5, 5.41) is 0.626. The van der Waals surface area contributed by atoms with E-state index in [1.165, 1.54) is 0 Å². The number of aromatic nitrogens is 2. The number of rotatable bonds is 4. The van der Waals surface area contributed by atoms with Crippen LogP contribution in [0, 0.1) is 6.92 Å². The zero-order valence-electron chi connectivity index (χ0n) is 13.7. The number of halogens is 1. The summed E-state index contributed by atoms with van der Waals surface area (Å²) in [5.74, 6) is 1.31. The fourth-order valence-corrected chi connectivity index (χ4v) is 1.55. The van der Waals surface area contributed by atoms with E-state index in [1.54, 1.807) is 24.5 Å². The molecule has 0 spiro atoms. The monoisotopic (exact) mass is 322 g/mol. The first kappa shape index (κ1) is 18.2. The molecule has 0 saturated carbocycles. The van der Waals surface area contributed by atoms with Gasteiger partial charge in [0.15, 0.2) is 0 Å².